The van der Waals surface area contributed by atoms with E-state index in [1.807, 2.05) is 19.9 Å². The summed E-state index contributed by atoms with van der Waals surface area (Å²) in [5.74, 6) is 0.556. The summed E-state index contributed by atoms with van der Waals surface area (Å²) in [6.45, 7) is 6.54. The summed E-state index contributed by atoms with van der Waals surface area (Å²) >= 11 is 0. The number of aryl methyl sites for hydroxylation is 2. The molecule has 5 heteroatoms. The van der Waals surface area contributed by atoms with Gasteiger partial charge in [0, 0.05) is 38.1 Å². The van der Waals surface area contributed by atoms with Crippen LogP contribution in [0.1, 0.15) is 24.7 Å². The Balaban J connectivity index is 2.54. The Morgan fingerprint density at radius 2 is 1.94 bits per heavy atom. The lowest BCUT2D eigenvalue weighted by atomic mass is 10.0. The standard InChI is InChI=1S/C12H21N3O2/c1-9-7-10(2)15-11(14-9)13-8-12(3,16)5-6-17-4/h7,16H,5-6,8H2,1-4H3,(H,13,14,15). The Hall–Kier alpha value is -1.20. The van der Waals surface area contributed by atoms with E-state index in [2.05, 4.69) is 15.3 Å². The van der Waals surface area contributed by atoms with Crippen LogP contribution < -0.4 is 5.32 Å². The quantitative estimate of drug-likeness (QED) is 0.783. The Morgan fingerprint density at radius 3 is 2.47 bits per heavy atom. The molecule has 2 N–H and O–H groups in total. The Labute approximate surface area is 102 Å². The number of nitrogens with zero attached hydrogens (tertiary/aromatic N) is 2. The van der Waals surface area contributed by atoms with Crippen LogP contribution >= 0.6 is 0 Å². The number of hydrogen-bond acceptors (Lipinski definition) is 5. The topological polar surface area (TPSA) is 67.3 Å². The van der Waals surface area contributed by atoms with Crippen LogP contribution in [0.5, 0.6) is 0 Å². The third-order valence-electron chi connectivity index (χ3n) is 2.45. The molecule has 1 aromatic rings. The Bertz CT molecular complexity index is 347. The monoisotopic (exact) mass is 239 g/mol. The molecule has 0 amide bonds. The second-order valence-corrected chi connectivity index (χ2v) is 4.57. The molecule has 0 aliphatic rings. The van der Waals surface area contributed by atoms with Crippen molar-refractivity contribution in [3.05, 3.63) is 17.5 Å². The smallest absolute Gasteiger partial charge is 0.223 e. The molecule has 0 aromatic carbocycles. The molecule has 17 heavy (non-hydrogen) atoms. The largest absolute Gasteiger partial charge is 0.388 e. The van der Waals surface area contributed by atoms with Crippen LogP contribution in [-0.4, -0.2) is 40.9 Å². The van der Waals surface area contributed by atoms with Crippen molar-refractivity contribution in [1.82, 2.24) is 9.97 Å². The van der Waals surface area contributed by atoms with Crippen molar-refractivity contribution in [3.8, 4) is 0 Å². The van der Waals surface area contributed by atoms with Crippen LogP contribution in [0.25, 0.3) is 0 Å². The highest BCUT2D eigenvalue weighted by Gasteiger charge is 2.20. The van der Waals surface area contributed by atoms with E-state index < -0.39 is 5.60 Å². The first-order chi connectivity index (χ1) is 7.93. The van der Waals surface area contributed by atoms with E-state index in [0.29, 0.717) is 25.5 Å². The van der Waals surface area contributed by atoms with Crippen molar-refractivity contribution < 1.29 is 9.84 Å². The number of anilines is 1. The average molecular weight is 239 g/mol. The van der Waals surface area contributed by atoms with Crippen LogP contribution in [0.4, 0.5) is 5.95 Å². The maximum absolute atomic E-state index is 10.0. The highest BCUT2D eigenvalue weighted by atomic mass is 16.5. The molecule has 0 saturated carbocycles. The minimum atomic E-state index is -0.822. The van der Waals surface area contributed by atoms with E-state index in [0.717, 1.165) is 11.4 Å². The normalized spacial score (nSPS) is 14.4. The fraction of sp³-hybridized carbons (Fsp3) is 0.667. The van der Waals surface area contributed by atoms with Gasteiger partial charge in [-0.05, 0) is 26.8 Å². The minimum absolute atomic E-state index is 0.402. The predicted molar refractivity (Wildman–Crippen MR) is 67.1 cm³/mol. The van der Waals surface area contributed by atoms with E-state index >= 15 is 0 Å². The molecule has 0 spiro atoms. The highest BCUT2D eigenvalue weighted by molar-refractivity contribution is 5.28. The Kier molecular flexibility index (Phi) is 4.84. The zero-order valence-corrected chi connectivity index (χ0v) is 10.9. The Morgan fingerprint density at radius 1 is 1.35 bits per heavy atom. The van der Waals surface area contributed by atoms with Crippen molar-refractivity contribution in [2.45, 2.75) is 32.8 Å². The molecular weight excluding hydrogens is 218 g/mol. The second kappa shape index (κ2) is 5.93. The van der Waals surface area contributed by atoms with E-state index in [9.17, 15) is 5.11 Å². The van der Waals surface area contributed by atoms with Gasteiger partial charge in [0.1, 0.15) is 0 Å². The number of aromatic nitrogens is 2. The van der Waals surface area contributed by atoms with Gasteiger partial charge in [-0.2, -0.15) is 0 Å². The van der Waals surface area contributed by atoms with Gasteiger partial charge < -0.3 is 15.2 Å². The zero-order chi connectivity index (χ0) is 12.9. The third-order valence-corrected chi connectivity index (χ3v) is 2.45. The highest BCUT2D eigenvalue weighted by Crippen LogP contribution is 2.11. The first kappa shape index (κ1) is 13.9. The van der Waals surface area contributed by atoms with Crippen molar-refractivity contribution in [1.29, 1.82) is 0 Å². The zero-order valence-electron chi connectivity index (χ0n) is 10.9. The van der Waals surface area contributed by atoms with Crippen molar-refractivity contribution in [3.63, 3.8) is 0 Å². The van der Waals surface area contributed by atoms with Crippen LogP contribution in [0.3, 0.4) is 0 Å². The first-order valence-corrected chi connectivity index (χ1v) is 5.70. The van der Waals surface area contributed by atoms with Gasteiger partial charge in [-0.15, -0.1) is 0 Å². The molecule has 1 rings (SSSR count). The fourth-order valence-corrected chi connectivity index (χ4v) is 1.48. The summed E-state index contributed by atoms with van der Waals surface area (Å²) in [5, 5.41) is 13.1. The van der Waals surface area contributed by atoms with E-state index in [1.165, 1.54) is 0 Å². The van der Waals surface area contributed by atoms with Crippen LogP contribution in [0.2, 0.25) is 0 Å². The minimum Gasteiger partial charge on any atom is -0.388 e. The van der Waals surface area contributed by atoms with Crippen LogP contribution in [-0.2, 0) is 4.74 Å². The van der Waals surface area contributed by atoms with Crippen LogP contribution in [0.15, 0.2) is 6.07 Å². The average Bonchev–Trinajstić information content (AvgIpc) is 2.23. The van der Waals surface area contributed by atoms with E-state index in [-0.39, 0.29) is 0 Å². The van der Waals surface area contributed by atoms with Gasteiger partial charge in [-0.25, -0.2) is 9.97 Å². The molecule has 0 aliphatic heterocycles. The summed E-state index contributed by atoms with van der Waals surface area (Å²) in [7, 11) is 1.62. The maximum atomic E-state index is 10.0. The van der Waals surface area contributed by atoms with Crippen molar-refractivity contribution in [2.75, 3.05) is 25.6 Å². The number of rotatable bonds is 6. The third kappa shape index (κ3) is 5.10. The molecule has 1 unspecified atom stereocenters. The molecular formula is C12H21N3O2. The van der Waals surface area contributed by atoms with Crippen molar-refractivity contribution in [2.24, 2.45) is 0 Å². The van der Waals surface area contributed by atoms with Crippen LogP contribution in [0, 0.1) is 13.8 Å². The van der Waals surface area contributed by atoms with E-state index in [1.54, 1.807) is 14.0 Å². The SMILES string of the molecule is COCCC(C)(O)CNc1nc(C)cc(C)n1. The predicted octanol–water partition coefficient (Wildman–Crippen LogP) is 1.29. The molecule has 1 aromatic heterocycles. The molecule has 0 aliphatic carbocycles. The number of nitrogens with one attached hydrogen (secondary N) is 1. The molecule has 96 valence electrons. The fourth-order valence-electron chi connectivity index (χ4n) is 1.48. The molecule has 1 heterocycles. The van der Waals surface area contributed by atoms with Gasteiger partial charge in [0.05, 0.1) is 5.60 Å². The second-order valence-electron chi connectivity index (χ2n) is 4.57. The molecule has 0 fully saturated rings. The molecule has 5 nitrogen and oxygen atoms in total. The number of ether oxygens (including phenoxy) is 1. The molecule has 0 radical (unpaired) electrons. The first-order valence-electron chi connectivity index (χ1n) is 5.70. The van der Waals surface area contributed by atoms with Gasteiger partial charge in [0.2, 0.25) is 5.95 Å². The van der Waals surface area contributed by atoms with Gasteiger partial charge >= 0.3 is 0 Å². The van der Waals surface area contributed by atoms with Gasteiger partial charge in [-0.1, -0.05) is 0 Å². The van der Waals surface area contributed by atoms with Crippen molar-refractivity contribution >= 4 is 5.95 Å². The van der Waals surface area contributed by atoms with Gasteiger partial charge in [0.15, 0.2) is 0 Å². The summed E-state index contributed by atoms with van der Waals surface area (Å²) in [6, 6.07) is 1.91. The maximum Gasteiger partial charge on any atom is 0.223 e. The summed E-state index contributed by atoms with van der Waals surface area (Å²) in [6.07, 6.45) is 0.571. The van der Waals surface area contributed by atoms with Gasteiger partial charge in [0.25, 0.3) is 0 Å². The molecule has 0 saturated heterocycles. The van der Waals surface area contributed by atoms with Gasteiger partial charge in [-0.3, -0.25) is 0 Å². The number of hydrogen-bond donors (Lipinski definition) is 2. The summed E-state index contributed by atoms with van der Waals surface area (Å²) < 4.78 is 4.95. The lowest BCUT2D eigenvalue weighted by molar-refractivity contribution is 0.0356. The number of aliphatic hydroxyl groups is 1. The van der Waals surface area contributed by atoms with E-state index in [4.69, 9.17) is 4.74 Å². The number of methoxy groups -OCH3 is 1. The summed E-state index contributed by atoms with van der Waals surface area (Å²) in [5.41, 5.74) is 1.00. The lowest BCUT2D eigenvalue weighted by Crippen LogP contribution is -2.35. The molecule has 0 bridgehead atoms. The lowest BCUT2D eigenvalue weighted by Gasteiger charge is -2.23. The summed E-state index contributed by atoms with van der Waals surface area (Å²) in [4.78, 5) is 8.51. The molecule has 1 atom stereocenters.